The molecule has 0 fully saturated rings. The van der Waals surface area contributed by atoms with Crippen LogP contribution in [-0.2, 0) is 11.3 Å². The van der Waals surface area contributed by atoms with Gasteiger partial charge in [-0.15, -0.1) is 0 Å². The molecule has 1 atom stereocenters. The van der Waals surface area contributed by atoms with Gasteiger partial charge in [-0.1, -0.05) is 18.2 Å². The second kappa shape index (κ2) is 6.05. The molecular weight excluding hydrogens is 309 g/mol. The van der Waals surface area contributed by atoms with E-state index in [0.29, 0.717) is 30.8 Å². The fraction of sp³-hybridized carbons (Fsp3) is 0.222. The molecule has 1 aliphatic heterocycles. The first kappa shape index (κ1) is 14.8. The predicted octanol–water partition coefficient (Wildman–Crippen LogP) is 2.68. The number of hydrogen-bond acceptors (Lipinski definition) is 3. The third kappa shape index (κ3) is 2.65. The zero-order chi connectivity index (χ0) is 16.5. The van der Waals surface area contributed by atoms with E-state index in [1.54, 1.807) is 18.2 Å². The van der Waals surface area contributed by atoms with Crippen molar-refractivity contribution in [3.63, 3.8) is 0 Å². The Labute approximate surface area is 138 Å². The lowest BCUT2D eigenvalue weighted by Gasteiger charge is -2.26. The number of nitrogens with one attached hydrogen (secondary N) is 1. The average molecular weight is 325 g/mol. The third-order valence-corrected chi connectivity index (χ3v) is 4.17. The molecule has 4 rings (SSSR count). The van der Waals surface area contributed by atoms with Crippen molar-refractivity contribution in [1.82, 2.24) is 14.9 Å². The molecule has 5 nitrogen and oxygen atoms in total. The van der Waals surface area contributed by atoms with Gasteiger partial charge in [0.25, 0.3) is 5.91 Å². The fourth-order valence-corrected chi connectivity index (χ4v) is 3.04. The standard InChI is InChI=1S/C18H16FN3O2/c19-13-6-7-16-15(8-13)21-17-11-24-10-14(22(16)17)9-20-18(23)12-4-2-1-3-5-12/h1-8,14H,9-11H2,(H,20,23)/t14-/m0/s1. The van der Waals surface area contributed by atoms with E-state index in [4.69, 9.17) is 4.74 Å². The van der Waals surface area contributed by atoms with Gasteiger partial charge in [0.05, 0.1) is 23.7 Å². The smallest absolute Gasteiger partial charge is 0.251 e. The zero-order valence-electron chi connectivity index (χ0n) is 12.9. The quantitative estimate of drug-likeness (QED) is 0.805. The second-order valence-corrected chi connectivity index (χ2v) is 5.78. The lowest BCUT2D eigenvalue weighted by atomic mass is 10.2. The van der Waals surface area contributed by atoms with Crippen LogP contribution in [0.4, 0.5) is 4.39 Å². The van der Waals surface area contributed by atoms with Crippen molar-refractivity contribution >= 4 is 16.9 Å². The summed E-state index contributed by atoms with van der Waals surface area (Å²) >= 11 is 0. The first-order valence-electron chi connectivity index (χ1n) is 7.80. The predicted molar refractivity (Wildman–Crippen MR) is 87.2 cm³/mol. The van der Waals surface area contributed by atoms with E-state index in [-0.39, 0.29) is 17.8 Å². The van der Waals surface area contributed by atoms with Gasteiger partial charge in [-0.05, 0) is 24.3 Å². The van der Waals surface area contributed by atoms with E-state index in [0.717, 1.165) is 11.3 Å². The van der Waals surface area contributed by atoms with Crippen molar-refractivity contribution in [3.8, 4) is 0 Å². The van der Waals surface area contributed by atoms with Crippen molar-refractivity contribution in [1.29, 1.82) is 0 Å². The van der Waals surface area contributed by atoms with E-state index >= 15 is 0 Å². The van der Waals surface area contributed by atoms with Crippen molar-refractivity contribution in [2.75, 3.05) is 13.2 Å². The number of rotatable bonds is 3. The summed E-state index contributed by atoms with van der Waals surface area (Å²) in [5.41, 5.74) is 2.08. The van der Waals surface area contributed by atoms with Crippen LogP contribution >= 0.6 is 0 Å². The molecule has 0 radical (unpaired) electrons. The van der Waals surface area contributed by atoms with Crippen LogP contribution in [0.5, 0.6) is 0 Å². The third-order valence-electron chi connectivity index (χ3n) is 4.17. The number of carbonyl (C=O) groups excluding carboxylic acids is 1. The summed E-state index contributed by atoms with van der Waals surface area (Å²) in [4.78, 5) is 16.7. The zero-order valence-corrected chi connectivity index (χ0v) is 12.9. The molecule has 1 amide bonds. The molecule has 0 aliphatic carbocycles. The summed E-state index contributed by atoms with van der Waals surface area (Å²) in [7, 11) is 0. The molecule has 1 aromatic heterocycles. The molecule has 0 unspecified atom stereocenters. The Morgan fingerprint density at radius 1 is 1.29 bits per heavy atom. The molecular formula is C18H16FN3O2. The number of halogens is 1. The Kier molecular flexibility index (Phi) is 3.74. The molecule has 1 N–H and O–H groups in total. The normalized spacial score (nSPS) is 16.8. The van der Waals surface area contributed by atoms with Crippen LogP contribution in [0.3, 0.4) is 0 Å². The second-order valence-electron chi connectivity index (χ2n) is 5.78. The Balaban J connectivity index is 1.58. The first-order valence-corrected chi connectivity index (χ1v) is 7.80. The maximum absolute atomic E-state index is 13.4. The van der Waals surface area contributed by atoms with Crippen molar-refractivity contribution < 1.29 is 13.9 Å². The fourth-order valence-electron chi connectivity index (χ4n) is 3.04. The maximum atomic E-state index is 13.4. The van der Waals surface area contributed by atoms with Crippen LogP contribution in [0.15, 0.2) is 48.5 Å². The summed E-state index contributed by atoms with van der Waals surface area (Å²) < 4.78 is 21.0. The highest BCUT2D eigenvalue weighted by molar-refractivity contribution is 5.94. The Hall–Kier alpha value is -2.73. The van der Waals surface area contributed by atoms with Crippen molar-refractivity contribution in [3.05, 3.63) is 65.7 Å². The monoisotopic (exact) mass is 325 g/mol. The van der Waals surface area contributed by atoms with Gasteiger partial charge in [0.1, 0.15) is 18.2 Å². The van der Waals surface area contributed by atoms with Gasteiger partial charge in [-0.25, -0.2) is 9.37 Å². The van der Waals surface area contributed by atoms with Gasteiger partial charge in [0.2, 0.25) is 0 Å². The minimum Gasteiger partial charge on any atom is -0.371 e. The molecule has 122 valence electrons. The topological polar surface area (TPSA) is 56.1 Å². The number of hydrogen-bond donors (Lipinski definition) is 1. The van der Waals surface area contributed by atoms with Gasteiger partial charge in [0, 0.05) is 18.2 Å². The molecule has 0 bridgehead atoms. The summed E-state index contributed by atoms with van der Waals surface area (Å²) in [6.45, 7) is 1.29. The van der Waals surface area contributed by atoms with Gasteiger partial charge in [-0.2, -0.15) is 0 Å². The van der Waals surface area contributed by atoms with E-state index in [9.17, 15) is 9.18 Å². The number of nitrogens with zero attached hydrogens (tertiary/aromatic N) is 2. The number of carbonyl (C=O) groups is 1. The van der Waals surface area contributed by atoms with Crippen molar-refractivity contribution in [2.45, 2.75) is 12.6 Å². The molecule has 2 heterocycles. The summed E-state index contributed by atoms with van der Waals surface area (Å²) in [5, 5.41) is 2.93. The lowest BCUT2D eigenvalue weighted by molar-refractivity contribution is 0.0553. The summed E-state index contributed by atoms with van der Waals surface area (Å²) in [5.74, 6) is 0.312. The van der Waals surface area contributed by atoms with Crippen molar-refractivity contribution in [2.24, 2.45) is 0 Å². The van der Waals surface area contributed by atoms with Crippen LogP contribution in [0.1, 0.15) is 22.2 Å². The van der Waals surface area contributed by atoms with Crippen LogP contribution < -0.4 is 5.32 Å². The van der Waals surface area contributed by atoms with Crippen LogP contribution in [-0.4, -0.2) is 28.6 Å². The summed E-state index contributed by atoms with van der Waals surface area (Å²) in [6, 6.07) is 13.6. The highest BCUT2D eigenvalue weighted by atomic mass is 19.1. The molecule has 0 saturated heterocycles. The first-order chi connectivity index (χ1) is 11.7. The highest BCUT2D eigenvalue weighted by Gasteiger charge is 2.24. The van der Waals surface area contributed by atoms with E-state index in [2.05, 4.69) is 10.3 Å². The molecule has 2 aromatic carbocycles. The molecule has 0 spiro atoms. The highest BCUT2D eigenvalue weighted by Crippen LogP contribution is 2.26. The van der Waals surface area contributed by atoms with Gasteiger partial charge in [-0.3, -0.25) is 4.79 Å². The Morgan fingerprint density at radius 3 is 2.96 bits per heavy atom. The Morgan fingerprint density at radius 2 is 2.12 bits per heavy atom. The van der Waals surface area contributed by atoms with Gasteiger partial charge in [0.15, 0.2) is 0 Å². The number of ether oxygens (including phenoxy) is 1. The van der Waals surface area contributed by atoms with Gasteiger partial charge >= 0.3 is 0 Å². The molecule has 24 heavy (non-hydrogen) atoms. The molecule has 3 aromatic rings. The number of aromatic nitrogens is 2. The minimum absolute atomic E-state index is 0.0723. The molecule has 1 aliphatic rings. The number of imidazole rings is 1. The number of benzene rings is 2. The number of fused-ring (bicyclic) bond motifs is 3. The number of amides is 1. The molecule has 6 heteroatoms. The SMILES string of the molecule is O=C(NC[C@H]1COCc2nc3cc(F)ccc3n21)c1ccccc1. The summed E-state index contributed by atoms with van der Waals surface area (Å²) in [6.07, 6.45) is 0. The Bertz CT molecular complexity index is 892. The van der Waals surface area contributed by atoms with E-state index in [1.165, 1.54) is 12.1 Å². The molecule has 0 saturated carbocycles. The maximum Gasteiger partial charge on any atom is 0.251 e. The average Bonchev–Trinajstić information content (AvgIpc) is 2.98. The van der Waals surface area contributed by atoms with Gasteiger partial charge < -0.3 is 14.6 Å². The minimum atomic E-state index is -0.312. The van der Waals surface area contributed by atoms with Crippen LogP contribution in [0, 0.1) is 5.82 Å². The van der Waals surface area contributed by atoms with E-state index < -0.39 is 0 Å². The van der Waals surface area contributed by atoms with Crippen LogP contribution in [0.25, 0.3) is 11.0 Å². The largest absolute Gasteiger partial charge is 0.371 e. The van der Waals surface area contributed by atoms with E-state index in [1.807, 2.05) is 22.8 Å². The lowest BCUT2D eigenvalue weighted by Crippen LogP contribution is -2.35. The van der Waals surface area contributed by atoms with Crippen LogP contribution in [0.2, 0.25) is 0 Å².